The maximum Gasteiger partial charge on any atom is 0.0954 e. The molecule has 3 rings (SSSR count). The van der Waals surface area contributed by atoms with E-state index in [0.717, 1.165) is 10.0 Å². The highest BCUT2D eigenvalue weighted by Gasteiger charge is 2.17. The molecule has 1 unspecified atom stereocenters. The number of thiophene rings is 2. The highest BCUT2D eigenvalue weighted by molar-refractivity contribution is 7.16. The topological polar surface area (TPSA) is 29.9 Å². The lowest BCUT2D eigenvalue weighted by Crippen LogP contribution is -2.08. The van der Waals surface area contributed by atoms with Crippen LogP contribution in [0.25, 0.3) is 0 Å². The predicted octanol–water partition coefficient (Wildman–Crippen LogP) is 4.40. The smallest absolute Gasteiger partial charge is 0.0954 e. The Bertz CT molecular complexity index is 657. The molecule has 0 amide bonds. The standard InChI is InChI=1S/C13H12ClN3S2/c1-17-8-9(7-15-17)16-13(10-3-2-6-18-10)11-4-5-12(14)19-11/h2-8,13,16H,1H3. The van der Waals surface area contributed by atoms with Crippen LogP contribution in [0.1, 0.15) is 15.8 Å². The van der Waals surface area contributed by atoms with Gasteiger partial charge in [-0.15, -0.1) is 22.7 Å². The lowest BCUT2D eigenvalue weighted by atomic mass is 10.2. The zero-order valence-corrected chi connectivity index (χ0v) is 12.6. The first-order chi connectivity index (χ1) is 9.22. The number of anilines is 1. The van der Waals surface area contributed by atoms with Crippen molar-refractivity contribution in [2.75, 3.05) is 5.32 Å². The van der Waals surface area contributed by atoms with Crippen LogP contribution >= 0.6 is 34.3 Å². The molecule has 3 aromatic rings. The molecule has 0 aliphatic carbocycles. The van der Waals surface area contributed by atoms with E-state index in [0.29, 0.717) is 0 Å². The predicted molar refractivity (Wildman–Crippen MR) is 82.3 cm³/mol. The Hall–Kier alpha value is -1.30. The fourth-order valence-corrected chi connectivity index (χ4v) is 3.88. The first-order valence-electron chi connectivity index (χ1n) is 5.76. The number of halogens is 1. The van der Waals surface area contributed by atoms with E-state index in [2.05, 4.69) is 34.0 Å². The number of hydrogen-bond acceptors (Lipinski definition) is 4. The molecule has 1 atom stereocenters. The fourth-order valence-electron chi connectivity index (χ4n) is 1.88. The SMILES string of the molecule is Cn1cc(NC(c2cccs2)c2ccc(Cl)s2)cn1. The lowest BCUT2D eigenvalue weighted by Gasteiger charge is -2.15. The van der Waals surface area contributed by atoms with Crippen LogP contribution in [-0.4, -0.2) is 9.78 Å². The van der Waals surface area contributed by atoms with E-state index in [1.807, 2.05) is 25.5 Å². The van der Waals surface area contributed by atoms with Gasteiger partial charge < -0.3 is 5.32 Å². The molecule has 6 heteroatoms. The van der Waals surface area contributed by atoms with Crippen molar-refractivity contribution in [1.29, 1.82) is 0 Å². The average molecular weight is 310 g/mol. The van der Waals surface area contributed by atoms with E-state index in [1.165, 1.54) is 9.75 Å². The van der Waals surface area contributed by atoms with Crippen molar-refractivity contribution in [3.8, 4) is 0 Å². The van der Waals surface area contributed by atoms with Crippen LogP contribution < -0.4 is 5.32 Å². The summed E-state index contributed by atoms with van der Waals surface area (Å²) in [6.07, 6.45) is 3.80. The molecule has 0 spiro atoms. The van der Waals surface area contributed by atoms with E-state index >= 15 is 0 Å². The lowest BCUT2D eigenvalue weighted by molar-refractivity contribution is 0.767. The molecule has 0 aliphatic rings. The Morgan fingerprint density at radius 3 is 2.79 bits per heavy atom. The summed E-state index contributed by atoms with van der Waals surface area (Å²) in [4.78, 5) is 2.47. The third kappa shape index (κ3) is 2.83. The molecule has 0 saturated heterocycles. The zero-order chi connectivity index (χ0) is 13.2. The Balaban J connectivity index is 1.93. The molecular weight excluding hydrogens is 298 g/mol. The Morgan fingerprint density at radius 1 is 1.32 bits per heavy atom. The van der Waals surface area contributed by atoms with Gasteiger partial charge in [0.05, 0.1) is 22.3 Å². The summed E-state index contributed by atoms with van der Waals surface area (Å²) in [6, 6.07) is 8.33. The number of nitrogens with zero attached hydrogens (tertiary/aromatic N) is 2. The summed E-state index contributed by atoms with van der Waals surface area (Å²) in [6.45, 7) is 0. The Kier molecular flexibility index (Phi) is 3.59. The number of hydrogen-bond donors (Lipinski definition) is 1. The summed E-state index contributed by atoms with van der Waals surface area (Å²) >= 11 is 9.39. The number of rotatable bonds is 4. The van der Waals surface area contributed by atoms with Gasteiger partial charge in [0.1, 0.15) is 0 Å². The molecule has 19 heavy (non-hydrogen) atoms. The van der Waals surface area contributed by atoms with Gasteiger partial charge in [0.15, 0.2) is 0 Å². The van der Waals surface area contributed by atoms with Crippen LogP contribution in [0.2, 0.25) is 4.34 Å². The summed E-state index contributed by atoms with van der Waals surface area (Å²) in [7, 11) is 1.91. The van der Waals surface area contributed by atoms with E-state index in [1.54, 1.807) is 27.4 Å². The van der Waals surface area contributed by atoms with Crippen molar-refractivity contribution in [1.82, 2.24) is 9.78 Å². The average Bonchev–Trinajstić information content (AvgIpc) is 3.08. The highest BCUT2D eigenvalue weighted by atomic mass is 35.5. The minimum Gasteiger partial charge on any atom is -0.370 e. The number of nitrogens with one attached hydrogen (secondary N) is 1. The summed E-state index contributed by atoms with van der Waals surface area (Å²) in [5.41, 5.74) is 1.01. The highest BCUT2D eigenvalue weighted by Crippen LogP contribution is 2.35. The Morgan fingerprint density at radius 2 is 2.21 bits per heavy atom. The van der Waals surface area contributed by atoms with Gasteiger partial charge in [-0.25, -0.2) is 0 Å². The van der Waals surface area contributed by atoms with Crippen molar-refractivity contribution in [3.63, 3.8) is 0 Å². The minimum atomic E-state index is 0.127. The monoisotopic (exact) mass is 309 g/mol. The van der Waals surface area contributed by atoms with Gasteiger partial charge in [-0.05, 0) is 23.6 Å². The second kappa shape index (κ2) is 5.36. The number of aryl methyl sites for hydroxylation is 1. The van der Waals surface area contributed by atoms with Crippen molar-refractivity contribution in [2.24, 2.45) is 7.05 Å². The van der Waals surface area contributed by atoms with Crippen molar-refractivity contribution >= 4 is 40.0 Å². The molecule has 0 saturated carbocycles. The van der Waals surface area contributed by atoms with E-state index < -0.39 is 0 Å². The van der Waals surface area contributed by atoms with Crippen LogP contribution in [0.15, 0.2) is 42.0 Å². The third-order valence-electron chi connectivity index (χ3n) is 2.72. The maximum atomic E-state index is 6.05. The normalized spacial score (nSPS) is 12.5. The number of aromatic nitrogens is 2. The van der Waals surface area contributed by atoms with Gasteiger partial charge in [0.2, 0.25) is 0 Å². The second-order valence-corrected chi connectivity index (χ2v) is 6.86. The van der Waals surface area contributed by atoms with Crippen LogP contribution in [0.3, 0.4) is 0 Å². The van der Waals surface area contributed by atoms with Crippen molar-refractivity contribution < 1.29 is 0 Å². The molecule has 3 heterocycles. The van der Waals surface area contributed by atoms with Gasteiger partial charge in [0.25, 0.3) is 0 Å². The molecule has 3 aromatic heterocycles. The summed E-state index contributed by atoms with van der Waals surface area (Å²) in [5.74, 6) is 0. The van der Waals surface area contributed by atoms with Crippen molar-refractivity contribution in [3.05, 3.63) is 56.1 Å². The van der Waals surface area contributed by atoms with E-state index in [4.69, 9.17) is 11.6 Å². The largest absolute Gasteiger partial charge is 0.370 e. The molecule has 1 N–H and O–H groups in total. The minimum absolute atomic E-state index is 0.127. The van der Waals surface area contributed by atoms with Gasteiger partial charge in [-0.3, -0.25) is 4.68 Å². The fraction of sp³-hybridized carbons (Fsp3) is 0.154. The summed E-state index contributed by atoms with van der Waals surface area (Å²) in [5, 5.41) is 9.78. The molecule has 0 aromatic carbocycles. The van der Waals surface area contributed by atoms with Gasteiger partial charge >= 0.3 is 0 Å². The van der Waals surface area contributed by atoms with Gasteiger partial charge in [-0.2, -0.15) is 5.10 Å². The van der Waals surface area contributed by atoms with Crippen LogP contribution in [0.5, 0.6) is 0 Å². The molecule has 0 aliphatic heterocycles. The van der Waals surface area contributed by atoms with Gasteiger partial charge in [-0.1, -0.05) is 17.7 Å². The molecule has 3 nitrogen and oxygen atoms in total. The molecular formula is C13H12ClN3S2. The van der Waals surface area contributed by atoms with E-state index in [-0.39, 0.29) is 6.04 Å². The quantitative estimate of drug-likeness (QED) is 0.774. The Labute approximate surface area is 124 Å². The van der Waals surface area contributed by atoms with Crippen LogP contribution in [0, 0.1) is 0 Å². The first kappa shape index (κ1) is 12.7. The molecule has 98 valence electrons. The van der Waals surface area contributed by atoms with Crippen LogP contribution in [-0.2, 0) is 7.05 Å². The summed E-state index contributed by atoms with van der Waals surface area (Å²) < 4.78 is 2.60. The molecule has 0 bridgehead atoms. The molecule has 0 radical (unpaired) electrons. The van der Waals surface area contributed by atoms with Crippen LogP contribution in [0.4, 0.5) is 5.69 Å². The van der Waals surface area contributed by atoms with Crippen molar-refractivity contribution in [2.45, 2.75) is 6.04 Å². The molecule has 0 fully saturated rings. The maximum absolute atomic E-state index is 6.05. The third-order valence-corrected chi connectivity index (χ3v) is 4.96. The zero-order valence-electron chi connectivity index (χ0n) is 10.2. The first-order valence-corrected chi connectivity index (χ1v) is 7.83. The van der Waals surface area contributed by atoms with E-state index in [9.17, 15) is 0 Å². The second-order valence-electron chi connectivity index (χ2n) is 4.14. The van der Waals surface area contributed by atoms with Gasteiger partial charge in [0, 0.05) is 23.0 Å².